The Kier molecular flexibility index (Phi) is 4.53. The average molecular weight is 446 g/mol. The van der Waals surface area contributed by atoms with Gasteiger partial charge in [-0.1, -0.05) is 121 Å². The summed E-state index contributed by atoms with van der Waals surface area (Å²) in [7, 11) is 0. The highest BCUT2D eigenvalue weighted by Gasteiger charge is 2.16. The van der Waals surface area contributed by atoms with Crippen molar-refractivity contribution in [3.8, 4) is 27.9 Å². The quantitative estimate of drug-likeness (QED) is 0.255. The van der Waals surface area contributed by atoms with Gasteiger partial charge in [0.2, 0.25) is 0 Å². The SMILES string of the molecule is c1ccc(-c2ccc3c4ccc(-c5ccccc5)cc4n(-c4cccc5ccccc45)c3c2)cc1. The van der Waals surface area contributed by atoms with Gasteiger partial charge in [-0.05, 0) is 45.8 Å². The van der Waals surface area contributed by atoms with Gasteiger partial charge in [0.1, 0.15) is 0 Å². The van der Waals surface area contributed by atoms with Crippen molar-refractivity contribution in [2.75, 3.05) is 0 Å². The molecule has 0 saturated carbocycles. The van der Waals surface area contributed by atoms with Crippen LogP contribution in [0.3, 0.4) is 0 Å². The maximum atomic E-state index is 2.45. The maximum absolute atomic E-state index is 2.45. The molecule has 0 amide bonds. The second kappa shape index (κ2) is 8.00. The molecule has 1 heterocycles. The lowest BCUT2D eigenvalue weighted by molar-refractivity contribution is 1.20. The molecule has 1 nitrogen and oxygen atoms in total. The number of fused-ring (bicyclic) bond motifs is 4. The third-order valence-electron chi connectivity index (χ3n) is 6.99. The Hall–Kier alpha value is -4.62. The van der Waals surface area contributed by atoms with Crippen molar-refractivity contribution in [2.45, 2.75) is 0 Å². The van der Waals surface area contributed by atoms with E-state index in [1.807, 2.05) is 0 Å². The van der Waals surface area contributed by atoms with E-state index in [9.17, 15) is 0 Å². The lowest BCUT2D eigenvalue weighted by Gasteiger charge is -2.13. The zero-order chi connectivity index (χ0) is 23.2. The van der Waals surface area contributed by atoms with Gasteiger partial charge in [-0.15, -0.1) is 0 Å². The molecule has 0 saturated heterocycles. The van der Waals surface area contributed by atoms with Gasteiger partial charge in [-0.2, -0.15) is 0 Å². The van der Waals surface area contributed by atoms with E-state index in [-0.39, 0.29) is 0 Å². The van der Waals surface area contributed by atoms with Crippen LogP contribution in [0.15, 0.2) is 140 Å². The molecule has 35 heavy (non-hydrogen) atoms. The molecule has 0 aliphatic rings. The molecular formula is C34H23N. The number of rotatable bonds is 3. The van der Waals surface area contributed by atoms with Crippen LogP contribution in [-0.2, 0) is 0 Å². The van der Waals surface area contributed by atoms with Gasteiger partial charge in [-0.25, -0.2) is 0 Å². The molecule has 0 bridgehead atoms. The smallest absolute Gasteiger partial charge is 0.0547 e. The highest BCUT2D eigenvalue weighted by atomic mass is 15.0. The first-order chi connectivity index (χ1) is 17.4. The number of aromatic nitrogens is 1. The Morgan fingerprint density at radius 1 is 0.343 bits per heavy atom. The van der Waals surface area contributed by atoms with E-state index in [1.54, 1.807) is 0 Å². The van der Waals surface area contributed by atoms with Gasteiger partial charge in [0, 0.05) is 16.2 Å². The summed E-state index contributed by atoms with van der Waals surface area (Å²) >= 11 is 0. The summed E-state index contributed by atoms with van der Waals surface area (Å²) in [6.07, 6.45) is 0. The van der Waals surface area contributed by atoms with E-state index < -0.39 is 0 Å². The summed E-state index contributed by atoms with van der Waals surface area (Å²) in [6.45, 7) is 0. The van der Waals surface area contributed by atoms with Crippen molar-refractivity contribution < 1.29 is 0 Å². The Labute approximate surface area is 204 Å². The fourth-order valence-corrected chi connectivity index (χ4v) is 5.30. The molecule has 0 atom stereocenters. The Morgan fingerprint density at radius 2 is 0.857 bits per heavy atom. The Morgan fingerprint density at radius 3 is 1.46 bits per heavy atom. The van der Waals surface area contributed by atoms with Crippen LogP contribution in [-0.4, -0.2) is 4.57 Å². The second-order valence-electron chi connectivity index (χ2n) is 9.03. The highest BCUT2D eigenvalue weighted by Crippen LogP contribution is 2.38. The van der Waals surface area contributed by atoms with Gasteiger partial charge in [0.05, 0.1) is 16.7 Å². The molecule has 6 aromatic carbocycles. The Balaban J connectivity index is 1.60. The van der Waals surface area contributed by atoms with E-state index >= 15 is 0 Å². The largest absolute Gasteiger partial charge is 0.309 e. The van der Waals surface area contributed by atoms with E-state index in [0.29, 0.717) is 0 Å². The van der Waals surface area contributed by atoms with Crippen molar-refractivity contribution in [3.05, 3.63) is 140 Å². The van der Waals surface area contributed by atoms with E-state index in [0.717, 1.165) is 0 Å². The molecule has 0 aliphatic heterocycles. The summed E-state index contributed by atoms with van der Waals surface area (Å²) in [5, 5.41) is 5.04. The molecule has 0 N–H and O–H groups in total. The summed E-state index contributed by atoms with van der Waals surface area (Å²) in [4.78, 5) is 0. The number of hydrogen-bond acceptors (Lipinski definition) is 0. The van der Waals surface area contributed by atoms with E-state index in [2.05, 4.69) is 144 Å². The second-order valence-corrected chi connectivity index (χ2v) is 9.03. The molecule has 7 rings (SSSR count). The van der Waals surface area contributed by atoms with Crippen LogP contribution in [0.25, 0.3) is 60.5 Å². The van der Waals surface area contributed by atoms with Crippen LogP contribution < -0.4 is 0 Å². The normalized spacial score (nSPS) is 11.4. The molecule has 164 valence electrons. The highest BCUT2D eigenvalue weighted by molar-refractivity contribution is 6.12. The minimum absolute atomic E-state index is 1.21. The van der Waals surface area contributed by atoms with E-state index in [1.165, 1.54) is 60.5 Å². The summed E-state index contributed by atoms with van der Waals surface area (Å²) in [5.74, 6) is 0. The predicted molar refractivity (Wildman–Crippen MR) is 149 cm³/mol. The summed E-state index contributed by atoms with van der Waals surface area (Å²) < 4.78 is 2.45. The average Bonchev–Trinajstić information content (AvgIpc) is 3.26. The van der Waals surface area contributed by atoms with Gasteiger partial charge in [-0.3, -0.25) is 0 Å². The fourth-order valence-electron chi connectivity index (χ4n) is 5.30. The van der Waals surface area contributed by atoms with Gasteiger partial charge < -0.3 is 4.57 Å². The third-order valence-corrected chi connectivity index (χ3v) is 6.99. The first-order valence-electron chi connectivity index (χ1n) is 12.0. The molecule has 0 unspecified atom stereocenters. The van der Waals surface area contributed by atoms with Crippen LogP contribution in [0.5, 0.6) is 0 Å². The molecule has 7 aromatic rings. The lowest BCUT2D eigenvalue weighted by Crippen LogP contribution is -1.95. The van der Waals surface area contributed by atoms with Crippen LogP contribution >= 0.6 is 0 Å². The lowest BCUT2D eigenvalue weighted by atomic mass is 10.0. The summed E-state index contributed by atoms with van der Waals surface area (Å²) in [5.41, 5.74) is 8.57. The van der Waals surface area contributed by atoms with Crippen molar-refractivity contribution >= 4 is 32.6 Å². The van der Waals surface area contributed by atoms with Gasteiger partial charge in [0.15, 0.2) is 0 Å². The molecule has 1 aromatic heterocycles. The zero-order valence-electron chi connectivity index (χ0n) is 19.2. The fraction of sp³-hybridized carbons (Fsp3) is 0. The van der Waals surface area contributed by atoms with E-state index in [4.69, 9.17) is 0 Å². The molecule has 0 aliphatic carbocycles. The standard InChI is InChI=1S/C34H23N/c1-3-10-24(11-4-1)27-18-20-30-31-21-19-28(25-12-5-2-6-13-25)23-34(31)35(33(30)22-27)32-17-9-15-26-14-7-8-16-29(26)32/h1-23H. The summed E-state index contributed by atoms with van der Waals surface area (Å²) in [6, 6.07) is 50.3. The van der Waals surface area contributed by atoms with Crippen molar-refractivity contribution in [3.63, 3.8) is 0 Å². The van der Waals surface area contributed by atoms with Crippen LogP contribution in [0.1, 0.15) is 0 Å². The number of benzene rings is 6. The molecule has 0 fully saturated rings. The number of hydrogen-bond donors (Lipinski definition) is 0. The maximum Gasteiger partial charge on any atom is 0.0547 e. The molecule has 0 spiro atoms. The van der Waals surface area contributed by atoms with Gasteiger partial charge in [0.25, 0.3) is 0 Å². The zero-order valence-corrected chi connectivity index (χ0v) is 19.2. The first-order valence-corrected chi connectivity index (χ1v) is 12.0. The van der Waals surface area contributed by atoms with Crippen LogP contribution in [0, 0.1) is 0 Å². The third kappa shape index (κ3) is 3.25. The van der Waals surface area contributed by atoms with Crippen molar-refractivity contribution in [1.82, 2.24) is 4.57 Å². The topological polar surface area (TPSA) is 4.93 Å². The number of nitrogens with zero attached hydrogens (tertiary/aromatic N) is 1. The van der Waals surface area contributed by atoms with Crippen molar-refractivity contribution in [2.24, 2.45) is 0 Å². The van der Waals surface area contributed by atoms with Gasteiger partial charge >= 0.3 is 0 Å². The van der Waals surface area contributed by atoms with Crippen LogP contribution in [0.2, 0.25) is 0 Å². The minimum atomic E-state index is 1.21. The molecule has 0 radical (unpaired) electrons. The van der Waals surface area contributed by atoms with Crippen LogP contribution in [0.4, 0.5) is 0 Å². The monoisotopic (exact) mass is 445 g/mol. The predicted octanol–water partition coefficient (Wildman–Crippen LogP) is 9.27. The molecular weight excluding hydrogens is 422 g/mol. The Bertz CT molecular complexity index is 1720. The van der Waals surface area contributed by atoms with Crippen molar-refractivity contribution in [1.29, 1.82) is 0 Å². The minimum Gasteiger partial charge on any atom is -0.309 e. The first kappa shape index (κ1) is 19.8. The molecule has 1 heteroatoms.